The first-order valence-electron chi connectivity index (χ1n) is 5.46. The first-order chi connectivity index (χ1) is 8.82. The molecular weight excluding hydrogens is 323 g/mol. The molecule has 0 bridgehead atoms. The zero-order valence-corrected chi connectivity index (χ0v) is 11.3. The fraction of sp³-hybridized carbons (Fsp3) is 0.308. The van der Waals surface area contributed by atoms with Crippen LogP contribution in [-0.4, -0.2) is 12.5 Å². The van der Waals surface area contributed by atoms with Crippen LogP contribution in [0.15, 0.2) is 22.7 Å². The van der Waals surface area contributed by atoms with Gasteiger partial charge in [0.2, 0.25) is 5.91 Å². The van der Waals surface area contributed by atoms with Crippen molar-refractivity contribution in [2.45, 2.75) is 12.6 Å². The maximum atomic E-state index is 13.0. The summed E-state index contributed by atoms with van der Waals surface area (Å²) in [6.07, 6.45) is 0.793. The first-order valence-corrected chi connectivity index (χ1v) is 6.25. The minimum Gasteiger partial charge on any atom is -0.311 e. The zero-order chi connectivity index (χ0) is 14.2. The van der Waals surface area contributed by atoms with Crippen LogP contribution < -0.4 is 4.90 Å². The minimum atomic E-state index is -4.52. The van der Waals surface area contributed by atoms with E-state index >= 15 is 0 Å². The molecule has 0 saturated carbocycles. The molecule has 1 atom stereocenters. The molecule has 1 saturated heterocycles. The van der Waals surface area contributed by atoms with Gasteiger partial charge in [0.05, 0.1) is 11.3 Å². The van der Waals surface area contributed by atoms with Crippen molar-refractivity contribution in [2.24, 2.45) is 5.92 Å². The third-order valence-corrected chi connectivity index (χ3v) is 3.41. The summed E-state index contributed by atoms with van der Waals surface area (Å²) in [6, 6.07) is 3.72. The number of terminal acetylenes is 1. The zero-order valence-electron chi connectivity index (χ0n) is 9.67. The van der Waals surface area contributed by atoms with E-state index in [1.807, 2.05) is 0 Å². The van der Waals surface area contributed by atoms with Crippen molar-refractivity contribution in [2.75, 3.05) is 11.4 Å². The molecule has 1 aliphatic rings. The van der Waals surface area contributed by atoms with Gasteiger partial charge in [-0.2, -0.15) is 13.2 Å². The summed E-state index contributed by atoms with van der Waals surface area (Å²) in [7, 11) is 0. The van der Waals surface area contributed by atoms with Gasteiger partial charge in [-0.15, -0.1) is 12.3 Å². The third kappa shape index (κ3) is 2.76. The maximum absolute atomic E-state index is 13.0. The highest BCUT2D eigenvalue weighted by Gasteiger charge is 2.38. The Labute approximate surface area is 116 Å². The van der Waals surface area contributed by atoms with Gasteiger partial charge in [-0.25, -0.2) is 0 Å². The summed E-state index contributed by atoms with van der Waals surface area (Å²) in [5, 5.41) is 0. The van der Waals surface area contributed by atoms with Gasteiger partial charge in [0, 0.05) is 23.4 Å². The summed E-state index contributed by atoms with van der Waals surface area (Å²) in [5.74, 6) is 1.70. The van der Waals surface area contributed by atoms with E-state index in [9.17, 15) is 18.0 Å². The number of halogens is 4. The molecule has 2 nitrogen and oxygen atoms in total. The lowest BCUT2D eigenvalue weighted by atomic mass is 10.1. The number of benzene rings is 1. The monoisotopic (exact) mass is 331 g/mol. The van der Waals surface area contributed by atoms with Crippen LogP contribution in [0.1, 0.15) is 12.0 Å². The van der Waals surface area contributed by atoms with Crippen LogP contribution in [0.2, 0.25) is 0 Å². The quantitative estimate of drug-likeness (QED) is 0.722. The number of hydrogen-bond donors (Lipinski definition) is 0. The SMILES string of the molecule is C#CC1CC(=O)N(c2ccc(Br)cc2C(F)(F)F)C1. The van der Waals surface area contributed by atoms with Crippen LogP contribution in [0.25, 0.3) is 0 Å². The van der Waals surface area contributed by atoms with Gasteiger partial charge in [-0.1, -0.05) is 15.9 Å². The molecular formula is C13H9BrF3NO. The van der Waals surface area contributed by atoms with Gasteiger partial charge in [-0.3, -0.25) is 4.79 Å². The Kier molecular flexibility index (Phi) is 3.59. The molecule has 0 spiro atoms. The molecule has 1 heterocycles. The third-order valence-electron chi connectivity index (χ3n) is 2.92. The van der Waals surface area contributed by atoms with Crippen molar-refractivity contribution in [3.8, 4) is 12.3 Å². The predicted molar refractivity (Wildman–Crippen MR) is 68.4 cm³/mol. The lowest BCUT2D eigenvalue weighted by Crippen LogP contribution is -2.27. The second kappa shape index (κ2) is 4.89. The second-order valence-electron chi connectivity index (χ2n) is 4.23. The van der Waals surface area contributed by atoms with Crippen molar-refractivity contribution in [3.05, 3.63) is 28.2 Å². The van der Waals surface area contributed by atoms with E-state index in [1.165, 1.54) is 12.1 Å². The lowest BCUT2D eigenvalue weighted by molar-refractivity contribution is -0.137. The number of rotatable bonds is 1. The van der Waals surface area contributed by atoms with Gasteiger partial charge >= 0.3 is 6.18 Å². The van der Waals surface area contributed by atoms with Gasteiger partial charge < -0.3 is 4.90 Å². The maximum Gasteiger partial charge on any atom is 0.418 e. The topological polar surface area (TPSA) is 20.3 Å². The van der Waals surface area contributed by atoms with Crippen LogP contribution in [0.5, 0.6) is 0 Å². The van der Waals surface area contributed by atoms with E-state index < -0.39 is 11.7 Å². The van der Waals surface area contributed by atoms with Crippen molar-refractivity contribution < 1.29 is 18.0 Å². The molecule has 0 aliphatic carbocycles. The minimum absolute atomic E-state index is 0.0872. The Morgan fingerprint density at radius 3 is 2.63 bits per heavy atom. The molecule has 1 aromatic rings. The molecule has 0 radical (unpaired) electrons. The molecule has 19 heavy (non-hydrogen) atoms. The van der Waals surface area contributed by atoms with Gasteiger partial charge in [0.25, 0.3) is 0 Å². The summed E-state index contributed by atoms with van der Waals surface area (Å²) >= 11 is 3.00. The predicted octanol–water partition coefficient (Wildman–Crippen LogP) is 3.45. The van der Waals surface area contributed by atoms with E-state index in [0.717, 1.165) is 11.0 Å². The first kappa shape index (κ1) is 13.9. The Morgan fingerprint density at radius 2 is 2.11 bits per heavy atom. The largest absolute Gasteiger partial charge is 0.418 e. The van der Waals surface area contributed by atoms with Gasteiger partial charge in [-0.05, 0) is 18.2 Å². The molecule has 6 heteroatoms. The van der Waals surface area contributed by atoms with E-state index in [-0.39, 0.29) is 30.5 Å². The van der Waals surface area contributed by atoms with Crippen molar-refractivity contribution >= 4 is 27.5 Å². The Balaban J connectivity index is 2.46. The van der Waals surface area contributed by atoms with E-state index in [2.05, 4.69) is 21.9 Å². The highest BCUT2D eigenvalue weighted by molar-refractivity contribution is 9.10. The number of hydrogen-bond acceptors (Lipinski definition) is 1. The van der Waals surface area contributed by atoms with Crippen molar-refractivity contribution in [1.29, 1.82) is 0 Å². The average Bonchev–Trinajstić information content (AvgIpc) is 2.69. The molecule has 100 valence electrons. The lowest BCUT2D eigenvalue weighted by Gasteiger charge is -2.21. The molecule has 0 aromatic heterocycles. The standard InChI is InChI=1S/C13H9BrF3NO/c1-2-8-5-12(19)18(7-8)11-4-3-9(14)6-10(11)13(15,16)17/h1,3-4,6,8H,5,7H2. The average molecular weight is 332 g/mol. The van der Waals surface area contributed by atoms with Crippen LogP contribution in [0.3, 0.4) is 0 Å². The van der Waals surface area contributed by atoms with Crippen LogP contribution in [-0.2, 0) is 11.0 Å². The Hall–Kier alpha value is -1.48. The fourth-order valence-corrected chi connectivity index (χ4v) is 2.38. The molecule has 1 amide bonds. The second-order valence-corrected chi connectivity index (χ2v) is 5.15. The number of nitrogens with zero attached hydrogens (tertiary/aromatic N) is 1. The summed E-state index contributed by atoms with van der Waals surface area (Å²) in [6.45, 7) is 0.125. The normalized spacial score (nSPS) is 19.6. The summed E-state index contributed by atoms with van der Waals surface area (Å²) in [5.41, 5.74) is -0.980. The van der Waals surface area contributed by atoms with Gasteiger partial charge in [0.15, 0.2) is 0 Å². The van der Waals surface area contributed by atoms with Crippen LogP contribution >= 0.6 is 15.9 Å². The summed E-state index contributed by atoms with van der Waals surface area (Å²) in [4.78, 5) is 12.9. The number of amides is 1. The van der Waals surface area contributed by atoms with Crippen LogP contribution in [0, 0.1) is 18.3 Å². The highest BCUT2D eigenvalue weighted by Crippen LogP contribution is 2.39. The van der Waals surface area contributed by atoms with E-state index in [0.29, 0.717) is 4.47 Å². The fourth-order valence-electron chi connectivity index (χ4n) is 2.02. The number of anilines is 1. The molecule has 2 rings (SSSR count). The molecule has 1 unspecified atom stereocenters. The molecule has 1 fully saturated rings. The number of carbonyl (C=O) groups is 1. The van der Waals surface area contributed by atoms with E-state index in [4.69, 9.17) is 6.42 Å². The van der Waals surface area contributed by atoms with E-state index in [1.54, 1.807) is 0 Å². The van der Waals surface area contributed by atoms with Gasteiger partial charge in [0.1, 0.15) is 0 Å². The molecule has 0 N–H and O–H groups in total. The van der Waals surface area contributed by atoms with Crippen LogP contribution in [0.4, 0.5) is 18.9 Å². The highest BCUT2D eigenvalue weighted by atomic mass is 79.9. The Morgan fingerprint density at radius 1 is 1.42 bits per heavy atom. The molecule has 1 aliphatic heterocycles. The number of alkyl halides is 3. The van der Waals surface area contributed by atoms with Crippen molar-refractivity contribution in [3.63, 3.8) is 0 Å². The Bertz CT molecular complexity index is 562. The van der Waals surface area contributed by atoms with Crippen molar-refractivity contribution in [1.82, 2.24) is 0 Å². The number of carbonyl (C=O) groups excluding carboxylic acids is 1. The molecule has 1 aromatic carbocycles. The smallest absolute Gasteiger partial charge is 0.311 e. The summed E-state index contributed by atoms with van der Waals surface area (Å²) < 4.78 is 39.3.